The van der Waals surface area contributed by atoms with Crippen LogP contribution in [0.2, 0.25) is 0 Å². The van der Waals surface area contributed by atoms with E-state index < -0.39 is 0 Å². The van der Waals surface area contributed by atoms with Crippen molar-refractivity contribution in [3.8, 4) is 6.07 Å². The summed E-state index contributed by atoms with van der Waals surface area (Å²) in [5.41, 5.74) is 4.10. The molecular formula is C42H67NS. The van der Waals surface area contributed by atoms with Crippen LogP contribution in [0.3, 0.4) is 0 Å². The number of unbranched alkanes of at least 4 members (excludes halogenated alkanes) is 2. The fourth-order valence-corrected chi connectivity index (χ4v) is 8.86. The molecule has 0 spiro atoms. The maximum Gasteiger partial charge on any atom is 0.0655 e. The van der Waals surface area contributed by atoms with E-state index in [1.807, 2.05) is 0 Å². The second-order valence-corrected chi connectivity index (χ2v) is 16.1. The van der Waals surface area contributed by atoms with Crippen molar-refractivity contribution in [3.63, 3.8) is 0 Å². The Morgan fingerprint density at radius 2 is 1.73 bits per heavy atom. The standard InChI is InChI=1S/C28H41N.C14H26S/c1-22(2)12-8-5-6-11-15-27-23(3)20-24(4)28(27)19-18-26(21-29)17-16-25-13-9-7-10-14-25;1-12(2)11-13(3)7-4-5-8-14-9-6-10-15-14/h6-7,9-11,13-14,23-24,26-28H,1,5,8,12,15-20H2,2-4H3;12,14H,3-11H2,1-2H3/b11-6-;/t23-,24+,26-,27-,28?;/m0./s1. The third-order valence-corrected chi connectivity index (χ3v) is 11.5. The molecule has 1 aliphatic heterocycles. The molecule has 6 atom stereocenters. The summed E-state index contributed by atoms with van der Waals surface area (Å²) in [6.07, 6.45) is 24.8. The minimum Gasteiger partial charge on any atom is -0.198 e. The average Bonchev–Trinajstić information content (AvgIpc) is 3.60. The van der Waals surface area contributed by atoms with Gasteiger partial charge in [0.05, 0.1) is 6.07 Å². The van der Waals surface area contributed by atoms with Crippen molar-refractivity contribution in [2.45, 2.75) is 143 Å². The molecule has 44 heavy (non-hydrogen) atoms. The second-order valence-electron chi connectivity index (χ2n) is 14.7. The van der Waals surface area contributed by atoms with Gasteiger partial charge in [0.2, 0.25) is 0 Å². The molecule has 0 aromatic heterocycles. The molecule has 1 aromatic carbocycles. The number of rotatable bonds is 19. The Balaban J connectivity index is 0.000000378. The summed E-state index contributed by atoms with van der Waals surface area (Å²) in [5, 5.41) is 10.6. The van der Waals surface area contributed by atoms with E-state index in [0.717, 1.165) is 60.5 Å². The third kappa shape index (κ3) is 16.5. The number of nitriles is 1. The Kier molecular flexibility index (Phi) is 19.9. The van der Waals surface area contributed by atoms with Gasteiger partial charge in [-0.15, -0.1) is 6.58 Å². The molecule has 246 valence electrons. The van der Waals surface area contributed by atoms with Gasteiger partial charge in [-0.1, -0.05) is 94.3 Å². The Labute approximate surface area is 278 Å². The van der Waals surface area contributed by atoms with Crippen LogP contribution in [0.25, 0.3) is 0 Å². The highest BCUT2D eigenvalue weighted by Crippen LogP contribution is 2.46. The van der Waals surface area contributed by atoms with Gasteiger partial charge < -0.3 is 0 Å². The number of thioether (sulfide) groups is 1. The van der Waals surface area contributed by atoms with Crippen LogP contribution >= 0.6 is 11.8 Å². The molecular weight excluding hydrogens is 551 g/mol. The maximum atomic E-state index is 9.66. The number of nitrogens with zero attached hydrogens (tertiary/aromatic N) is 1. The number of hydrogen-bond acceptors (Lipinski definition) is 2. The number of allylic oxidation sites excluding steroid dienone is 4. The first-order valence-electron chi connectivity index (χ1n) is 18.2. The highest BCUT2D eigenvalue weighted by atomic mass is 32.2. The largest absolute Gasteiger partial charge is 0.198 e. The van der Waals surface area contributed by atoms with Crippen LogP contribution in [-0.2, 0) is 6.42 Å². The zero-order chi connectivity index (χ0) is 32.2. The van der Waals surface area contributed by atoms with E-state index >= 15 is 0 Å². The summed E-state index contributed by atoms with van der Waals surface area (Å²) in [6.45, 7) is 19.7. The molecule has 2 aliphatic rings. The predicted molar refractivity (Wildman–Crippen MR) is 198 cm³/mol. The normalized spacial score (nSPS) is 23.8. The van der Waals surface area contributed by atoms with E-state index in [9.17, 15) is 5.26 Å². The molecule has 2 heteroatoms. The predicted octanol–water partition coefficient (Wildman–Crippen LogP) is 13.2. The SMILES string of the molecule is C=C(C)CCC/C=C\C[C@@H]1C(CC[C@@H](C#N)CCc2ccccc2)[C@H](C)C[C@@H]1C.C=C(CCCCC1CCCS1)CC(C)C. The van der Waals surface area contributed by atoms with E-state index in [4.69, 9.17) is 0 Å². The smallest absolute Gasteiger partial charge is 0.0655 e. The fourth-order valence-electron chi connectivity index (χ4n) is 7.53. The average molecular weight is 618 g/mol. The van der Waals surface area contributed by atoms with Gasteiger partial charge in [-0.2, -0.15) is 17.0 Å². The van der Waals surface area contributed by atoms with Gasteiger partial charge in [0.1, 0.15) is 0 Å². The van der Waals surface area contributed by atoms with E-state index in [-0.39, 0.29) is 5.92 Å². The first-order valence-corrected chi connectivity index (χ1v) is 19.3. The van der Waals surface area contributed by atoms with Crippen LogP contribution in [0.4, 0.5) is 0 Å². The van der Waals surface area contributed by atoms with E-state index in [1.54, 1.807) is 0 Å². The van der Waals surface area contributed by atoms with Gasteiger partial charge in [0.15, 0.2) is 0 Å². The highest BCUT2D eigenvalue weighted by molar-refractivity contribution is 8.00. The monoisotopic (exact) mass is 617 g/mol. The molecule has 0 bridgehead atoms. The van der Waals surface area contributed by atoms with E-state index in [0.29, 0.717) is 0 Å². The van der Waals surface area contributed by atoms with Gasteiger partial charge in [0.25, 0.3) is 0 Å². The molecule has 2 fully saturated rings. The zero-order valence-electron chi connectivity index (χ0n) is 29.4. The Bertz CT molecular complexity index is 979. The summed E-state index contributed by atoms with van der Waals surface area (Å²) in [4.78, 5) is 0. The van der Waals surface area contributed by atoms with E-state index in [1.165, 1.54) is 99.5 Å². The topological polar surface area (TPSA) is 23.8 Å². The summed E-state index contributed by atoms with van der Waals surface area (Å²) >= 11 is 2.19. The molecule has 0 amide bonds. The van der Waals surface area contributed by atoms with Gasteiger partial charge in [-0.3, -0.25) is 0 Å². The van der Waals surface area contributed by atoms with Crippen LogP contribution < -0.4 is 0 Å². The van der Waals surface area contributed by atoms with E-state index in [2.05, 4.69) is 108 Å². The lowest BCUT2D eigenvalue weighted by Gasteiger charge is -2.25. The number of hydrogen-bond donors (Lipinski definition) is 0. The summed E-state index contributed by atoms with van der Waals surface area (Å²) < 4.78 is 0. The van der Waals surface area contributed by atoms with Crippen LogP contribution in [-0.4, -0.2) is 11.0 Å². The minimum absolute atomic E-state index is 0.191. The van der Waals surface area contributed by atoms with Crippen molar-refractivity contribution in [2.75, 3.05) is 5.75 Å². The molecule has 1 saturated heterocycles. The van der Waals surface area contributed by atoms with Crippen molar-refractivity contribution in [2.24, 2.45) is 35.5 Å². The number of aryl methyl sites for hydroxylation is 1. The lowest BCUT2D eigenvalue weighted by Crippen LogP contribution is -2.17. The third-order valence-electron chi connectivity index (χ3n) is 9.99. The molecule has 1 nitrogen and oxygen atoms in total. The molecule has 0 N–H and O–H groups in total. The maximum absolute atomic E-state index is 9.66. The van der Waals surface area contributed by atoms with Crippen molar-refractivity contribution < 1.29 is 0 Å². The Morgan fingerprint density at radius 3 is 2.39 bits per heavy atom. The Hall–Kier alpha value is -1.72. The van der Waals surface area contributed by atoms with Crippen molar-refractivity contribution in [3.05, 3.63) is 72.4 Å². The van der Waals surface area contributed by atoms with Crippen molar-refractivity contribution in [1.29, 1.82) is 5.26 Å². The van der Waals surface area contributed by atoms with Crippen molar-refractivity contribution >= 4 is 11.8 Å². The first kappa shape index (κ1) is 38.5. The minimum atomic E-state index is 0.191. The van der Waals surface area contributed by atoms with Crippen LogP contribution in [0, 0.1) is 46.8 Å². The fraction of sp³-hybridized carbons (Fsp3) is 0.690. The van der Waals surface area contributed by atoms with Crippen LogP contribution in [0.1, 0.15) is 136 Å². The van der Waals surface area contributed by atoms with Gasteiger partial charge >= 0.3 is 0 Å². The molecule has 1 heterocycles. The molecule has 0 radical (unpaired) electrons. The Morgan fingerprint density at radius 1 is 0.977 bits per heavy atom. The zero-order valence-corrected chi connectivity index (χ0v) is 30.2. The quantitative estimate of drug-likeness (QED) is 0.114. The lowest BCUT2D eigenvalue weighted by molar-refractivity contribution is 0.267. The second kappa shape index (κ2) is 22.7. The van der Waals surface area contributed by atoms with Crippen molar-refractivity contribution in [1.82, 2.24) is 0 Å². The summed E-state index contributed by atoms with van der Waals surface area (Å²) in [5.74, 6) is 5.54. The first-order chi connectivity index (χ1) is 21.2. The molecule has 1 saturated carbocycles. The molecule has 3 rings (SSSR count). The summed E-state index contributed by atoms with van der Waals surface area (Å²) in [6, 6.07) is 13.2. The molecule has 1 aromatic rings. The van der Waals surface area contributed by atoms with Crippen LogP contribution in [0.15, 0.2) is 66.8 Å². The number of benzene rings is 1. The van der Waals surface area contributed by atoms with Gasteiger partial charge in [-0.25, -0.2) is 0 Å². The van der Waals surface area contributed by atoms with Gasteiger partial charge in [0, 0.05) is 11.2 Å². The molecule has 1 aliphatic carbocycles. The van der Waals surface area contributed by atoms with Gasteiger partial charge in [-0.05, 0) is 144 Å². The van der Waals surface area contributed by atoms with Crippen LogP contribution in [0.5, 0.6) is 0 Å². The molecule has 2 unspecified atom stereocenters. The summed E-state index contributed by atoms with van der Waals surface area (Å²) in [7, 11) is 0. The highest BCUT2D eigenvalue weighted by Gasteiger charge is 2.37. The lowest BCUT2D eigenvalue weighted by atomic mass is 9.80.